The minimum atomic E-state index is 0. The van der Waals surface area contributed by atoms with Gasteiger partial charge in [-0.15, -0.1) is 0 Å². The van der Waals surface area contributed by atoms with E-state index < -0.39 is 0 Å². The van der Waals surface area contributed by atoms with E-state index in [1.165, 1.54) is 5.56 Å². The highest BCUT2D eigenvalue weighted by atomic mass is 127. The Kier molecular flexibility index (Phi) is 5.41. The van der Waals surface area contributed by atoms with Gasteiger partial charge in [0.15, 0.2) is 0 Å². The third-order valence-corrected chi connectivity index (χ3v) is 2.73. The van der Waals surface area contributed by atoms with Gasteiger partial charge in [-0.1, -0.05) is 36.9 Å². The molecular formula is C14H17IN2. The highest BCUT2D eigenvalue weighted by molar-refractivity contribution is 5.33. The van der Waals surface area contributed by atoms with E-state index in [1.807, 2.05) is 12.1 Å². The fraction of sp³-hybridized carbons (Fsp3) is 0.214. The minimum Gasteiger partial charge on any atom is -1.00 e. The molecule has 1 aromatic carbocycles. The van der Waals surface area contributed by atoms with E-state index in [9.17, 15) is 0 Å². The van der Waals surface area contributed by atoms with E-state index in [0.29, 0.717) is 0 Å². The predicted octanol–water partition coefficient (Wildman–Crippen LogP) is -0.509. The molecule has 90 valence electrons. The molecule has 0 aliphatic carbocycles. The van der Waals surface area contributed by atoms with Crippen LogP contribution in [0, 0.1) is 0 Å². The number of benzene rings is 1. The molecule has 1 heterocycles. The van der Waals surface area contributed by atoms with E-state index in [-0.39, 0.29) is 24.0 Å². The lowest BCUT2D eigenvalue weighted by Crippen LogP contribution is -3.00. The van der Waals surface area contributed by atoms with Gasteiger partial charge in [0.25, 0.3) is 5.82 Å². The van der Waals surface area contributed by atoms with Gasteiger partial charge in [0.2, 0.25) is 0 Å². The minimum absolute atomic E-state index is 0. The molecule has 0 saturated heterocycles. The first-order chi connectivity index (χ1) is 7.85. The fourth-order valence-electron chi connectivity index (χ4n) is 1.89. The number of imidazole rings is 1. The van der Waals surface area contributed by atoms with E-state index in [1.54, 1.807) is 0 Å². The van der Waals surface area contributed by atoms with Crippen LogP contribution >= 0.6 is 0 Å². The Morgan fingerprint density at radius 1 is 1.29 bits per heavy atom. The second-order valence-corrected chi connectivity index (χ2v) is 3.76. The molecule has 1 aromatic heterocycles. The van der Waals surface area contributed by atoms with Crippen LogP contribution in [0.4, 0.5) is 0 Å². The van der Waals surface area contributed by atoms with Crippen LogP contribution in [0.2, 0.25) is 0 Å². The molecule has 2 rings (SSSR count). The second-order valence-electron chi connectivity index (χ2n) is 3.76. The van der Waals surface area contributed by atoms with Crippen molar-refractivity contribution in [3.8, 4) is 0 Å². The second kappa shape index (κ2) is 6.59. The Labute approximate surface area is 120 Å². The van der Waals surface area contributed by atoms with Crippen LogP contribution in [0.25, 0.3) is 6.08 Å². The molecule has 0 aliphatic rings. The summed E-state index contributed by atoms with van der Waals surface area (Å²) in [5.74, 6) is 1.16. The quantitative estimate of drug-likeness (QED) is 0.524. The van der Waals surface area contributed by atoms with Crippen molar-refractivity contribution in [3.05, 3.63) is 60.7 Å². The van der Waals surface area contributed by atoms with Crippen molar-refractivity contribution in [1.29, 1.82) is 0 Å². The average molecular weight is 340 g/mol. The first kappa shape index (κ1) is 14.0. The number of aryl methyl sites for hydroxylation is 1. The molecule has 0 aliphatic heterocycles. The summed E-state index contributed by atoms with van der Waals surface area (Å²) in [6.45, 7) is 7.88. The van der Waals surface area contributed by atoms with Gasteiger partial charge in [-0.05, 0) is 12.5 Å². The summed E-state index contributed by atoms with van der Waals surface area (Å²) in [5.41, 5.74) is 1.31. The van der Waals surface area contributed by atoms with Gasteiger partial charge < -0.3 is 24.0 Å². The van der Waals surface area contributed by atoms with Crippen molar-refractivity contribution < 1.29 is 28.5 Å². The van der Waals surface area contributed by atoms with E-state index in [2.05, 4.69) is 59.3 Å². The first-order valence-electron chi connectivity index (χ1n) is 5.60. The molecule has 0 saturated carbocycles. The summed E-state index contributed by atoms with van der Waals surface area (Å²) >= 11 is 0. The third-order valence-electron chi connectivity index (χ3n) is 2.73. The van der Waals surface area contributed by atoms with Crippen molar-refractivity contribution in [2.24, 2.45) is 0 Å². The topological polar surface area (TPSA) is 8.81 Å². The maximum Gasteiger partial charge on any atom is 0.281 e. The van der Waals surface area contributed by atoms with Gasteiger partial charge in [-0.2, -0.15) is 0 Å². The van der Waals surface area contributed by atoms with Crippen molar-refractivity contribution in [2.45, 2.75) is 20.0 Å². The number of halogens is 1. The van der Waals surface area contributed by atoms with Crippen molar-refractivity contribution in [2.75, 3.05) is 0 Å². The Hall–Kier alpha value is -1.10. The van der Waals surface area contributed by atoms with Gasteiger partial charge in [-0.25, -0.2) is 9.13 Å². The molecule has 3 heteroatoms. The maximum absolute atomic E-state index is 3.87. The summed E-state index contributed by atoms with van der Waals surface area (Å²) in [5, 5.41) is 0. The van der Waals surface area contributed by atoms with Crippen LogP contribution in [0.5, 0.6) is 0 Å². The standard InChI is InChI=1S/C14H17N2.HI/c1-3-14-15(4-2)10-11-16(14)12-13-8-6-5-7-9-13;/h3,5-11H,1,4,12H2,2H3;1H/q+1;/p-1. The van der Waals surface area contributed by atoms with Crippen LogP contribution in [-0.2, 0) is 13.1 Å². The molecule has 17 heavy (non-hydrogen) atoms. The molecule has 0 spiro atoms. The zero-order valence-electron chi connectivity index (χ0n) is 10.0. The summed E-state index contributed by atoms with van der Waals surface area (Å²) in [4.78, 5) is 0. The Balaban J connectivity index is 0.00000144. The van der Waals surface area contributed by atoms with Crippen LogP contribution < -0.4 is 28.5 Å². The Morgan fingerprint density at radius 3 is 2.59 bits per heavy atom. The van der Waals surface area contributed by atoms with E-state index in [0.717, 1.165) is 18.9 Å². The van der Waals surface area contributed by atoms with Gasteiger partial charge in [0.1, 0.15) is 18.9 Å². The van der Waals surface area contributed by atoms with Gasteiger partial charge >= 0.3 is 0 Å². The molecule has 2 nitrogen and oxygen atoms in total. The first-order valence-corrected chi connectivity index (χ1v) is 5.60. The van der Waals surface area contributed by atoms with Crippen molar-refractivity contribution in [3.63, 3.8) is 0 Å². The molecule has 0 bridgehead atoms. The molecule has 0 amide bonds. The zero-order chi connectivity index (χ0) is 11.4. The Bertz CT molecular complexity index is 474. The maximum atomic E-state index is 3.87. The zero-order valence-corrected chi connectivity index (χ0v) is 12.2. The predicted molar refractivity (Wildman–Crippen MR) is 65.9 cm³/mol. The lowest BCUT2D eigenvalue weighted by molar-refractivity contribution is -0.689. The van der Waals surface area contributed by atoms with Gasteiger partial charge in [0.05, 0.1) is 6.54 Å². The summed E-state index contributed by atoms with van der Waals surface area (Å²) in [6, 6.07) is 10.5. The number of nitrogens with zero attached hydrogens (tertiary/aromatic N) is 2. The van der Waals surface area contributed by atoms with Gasteiger partial charge in [0, 0.05) is 6.08 Å². The number of hydrogen-bond acceptors (Lipinski definition) is 0. The van der Waals surface area contributed by atoms with Crippen molar-refractivity contribution in [1.82, 2.24) is 4.57 Å². The largest absolute Gasteiger partial charge is 1.00 e. The SMILES string of the molecule is C=Cc1n(CC)cc[n+]1Cc1ccccc1.[I-]. The van der Waals surface area contributed by atoms with Crippen LogP contribution in [-0.4, -0.2) is 4.57 Å². The van der Waals surface area contributed by atoms with E-state index in [4.69, 9.17) is 0 Å². The summed E-state index contributed by atoms with van der Waals surface area (Å²) in [7, 11) is 0. The Morgan fingerprint density at radius 2 is 2.00 bits per heavy atom. The molecule has 0 unspecified atom stereocenters. The lowest BCUT2D eigenvalue weighted by atomic mass is 10.2. The summed E-state index contributed by atoms with van der Waals surface area (Å²) < 4.78 is 4.40. The van der Waals surface area contributed by atoms with Crippen LogP contribution in [0.15, 0.2) is 49.3 Å². The van der Waals surface area contributed by atoms with Gasteiger partial charge in [-0.3, -0.25) is 0 Å². The smallest absolute Gasteiger partial charge is 0.281 e. The molecular weight excluding hydrogens is 323 g/mol. The highest BCUT2D eigenvalue weighted by Gasteiger charge is 2.12. The highest BCUT2D eigenvalue weighted by Crippen LogP contribution is 2.01. The molecule has 0 atom stereocenters. The molecule has 0 fully saturated rings. The van der Waals surface area contributed by atoms with E-state index >= 15 is 0 Å². The average Bonchev–Trinajstić information content (AvgIpc) is 2.72. The fourth-order valence-corrected chi connectivity index (χ4v) is 1.89. The third kappa shape index (κ3) is 3.19. The number of rotatable bonds is 4. The van der Waals surface area contributed by atoms with Crippen LogP contribution in [0.1, 0.15) is 18.3 Å². The molecule has 2 aromatic rings. The number of hydrogen-bond donors (Lipinski definition) is 0. The monoisotopic (exact) mass is 340 g/mol. The summed E-state index contributed by atoms with van der Waals surface area (Å²) in [6.07, 6.45) is 6.11. The normalized spacial score (nSPS) is 9.71. The van der Waals surface area contributed by atoms with Crippen LogP contribution in [0.3, 0.4) is 0 Å². The molecule has 0 N–H and O–H groups in total. The number of aromatic nitrogens is 2. The van der Waals surface area contributed by atoms with Crippen molar-refractivity contribution >= 4 is 6.08 Å². The lowest BCUT2D eigenvalue weighted by Gasteiger charge is -2.00. The molecule has 0 radical (unpaired) electrons.